The van der Waals surface area contributed by atoms with Gasteiger partial charge in [-0.1, -0.05) is 0 Å². The number of thioether (sulfide) groups is 1. The SMILES string of the molecule is CCOC(=O)c1c(NC(=O)CCSC)c[nH]c1C. The Morgan fingerprint density at radius 1 is 1.50 bits per heavy atom. The molecule has 0 bridgehead atoms. The molecule has 18 heavy (non-hydrogen) atoms. The van der Waals surface area contributed by atoms with Crippen molar-refractivity contribution >= 4 is 29.3 Å². The minimum absolute atomic E-state index is 0.103. The van der Waals surface area contributed by atoms with Crippen LogP contribution in [0.1, 0.15) is 29.4 Å². The fourth-order valence-corrected chi connectivity index (χ4v) is 1.89. The highest BCUT2D eigenvalue weighted by atomic mass is 32.2. The standard InChI is InChI=1S/C12H18N2O3S/c1-4-17-12(16)11-8(2)13-7-9(11)14-10(15)5-6-18-3/h7,13H,4-6H2,1-3H3,(H,14,15). The fourth-order valence-electron chi connectivity index (χ4n) is 1.50. The maximum absolute atomic E-state index is 11.7. The van der Waals surface area contributed by atoms with Gasteiger partial charge >= 0.3 is 5.97 Å². The number of carbonyl (C=O) groups is 2. The Balaban J connectivity index is 2.77. The zero-order valence-corrected chi connectivity index (χ0v) is 11.6. The number of carbonyl (C=O) groups excluding carboxylic acids is 2. The second kappa shape index (κ2) is 7.10. The van der Waals surface area contributed by atoms with Crippen molar-refractivity contribution in [2.75, 3.05) is 23.9 Å². The van der Waals surface area contributed by atoms with E-state index in [1.807, 2.05) is 6.26 Å². The molecule has 5 nitrogen and oxygen atoms in total. The van der Waals surface area contributed by atoms with E-state index >= 15 is 0 Å². The van der Waals surface area contributed by atoms with Crippen LogP contribution in [0.25, 0.3) is 0 Å². The van der Waals surface area contributed by atoms with Crippen molar-refractivity contribution in [3.63, 3.8) is 0 Å². The summed E-state index contributed by atoms with van der Waals surface area (Å²) >= 11 is 1.60. The predicted octanol–water partition coefficient (Wildman–Crippen LogP) is 2.19. The van der Waals surface area contributed by atoms with Crippen molar-refractivity contribution in [1.29, 1.82) is 0 Å². The third kappa shape index (κ3) is 3.80. The first-order valence-electron chi connectivity index (χ1n) is 5.74. The molecule has 0 aliphatic rings. The number of aryl methyl sites for hydroxylation is 1. The van der Waals surface area contributed by atoms with E-state index in [1.54, 1.807) is 31.8 Å². The van der Waals surface area contributed by atoms with E-state index in [4.69, 9.17) is 4.74 Å². The highest BCUT2D eigenvalue weighted by Crippen LogP contribution is 2.20. The lowest BCUT2D eigenvalue weighted by Gasteiger charge is -2.06. The average Bonchev–Trinajstić information content (AvgIpc) is 2.68. The normalized spacial score (nSPS) is 10.2. The highest BCUT2D eigenvalue weighted by Gasteiger charge is 2.18. The molecule has 0 aliphatic carbocycles. The van der Waals surface area contributed by atoms with Crippen molar-refractivity contribution in [2.24, 2.45) is 0 Å². The molecule has 2 N–H and O–H groups in total. The maximum Gasteiger partial charge on any atom is 0.342 e. The van der Waals surface area contributed by atoms with Gasteiger partial charge in [0.2, 0.25) is 5.91 Å². The fraction of sp³-hybridized carbons (Fsp3) is 0.500. The van der Waals surface area contributed by atoms with E-state index < -0.39 is 5.97 Å². The summed E-state index contributed by atoms with van der Waals surface area (Å²) in [6.07, 6.45) is 3.98. The molecule has 0 atom stereocenters. The molecule has 0 fully saturated rings. The van der Waals surface area contributed by atoms with Crippen LogP contribution in [0.5, 0.6) is 0 Å². The number of H-pyrrole nitrogens is 1. The summed E-state index contributed by atoms with van der Waals surface area (Å²) in [6.45, 7) is 3.82. The van der Waals surface area contributed by atoms with Gasteiger partial charge in [0, 0.05) is 24.1 Å². The number of amides is 1. The van der Waals surface area contributed by atoms with Gasteiger partial charge in [0.1, 0.15) is 5.56 Å². The van der Waals surface area contributed by atoms with Gasteiger partial charge in [-0.3, -0.25) is 4.79 Å². The van der Waals surface area contributed by atoms with Crippen molar-refractivity contribution in [3.05, 3.63) is 17.5 Å². The summed E-state index contributed by atoms with van der Waals surface area (Å²) in [5.74, 6) is 0.231. The van der Waals surface area contributed by atoms with E-state index in [9.17, 15) is 9.59 Å². The molecular weight excluding hydrogens is 252 g/mol. The van der Waals surface area contributed by atoms with E-state index in [-0.39, 0.29) is 5.91 Å². The number of ether oxygens (including phenoxy) is 1. The summed E-state index contributed by atoms with van der Waals surface area (Å²) in [5, 5.41) is 2.72. The van der Waals surface area contributed by atoms with Crippen molar-refractivity contribution in [3.8, 4) is 0 Å². The summed E-state index contributed by atoms with van der Waals surface area (Å²) in [4.78, 5) is 26.3. The van der Waals surface area contributed by atoms with Crippen molar-refractivity contribution in [2.45, 2.75) is 20.3 Å². The summed E-state index contributed by atoms with van der Waals surface area (Å²) < 4.78 is 4.96. The van der Waals surface area contributed by atoms with Crippen LogP contribution in [-0.4, -0.2) is 35.5 Å². The number of aromatic amines is 1. The van der Waals surface area contributed by atoms with Crippen LogP contribution in [0, 0.1) is 6.92 Å². The van der Waals surface area contributed by atoms with Gasteiger partial charge in [0.25, 0.3) is 0 Å². The minimum atomic E-state index is -0.420. The van der Waals surface area contributed by atoms with Gasteiger partial charge in [-0.2, -0.15) is 11.8 Å². The largest absolute Gasteiger partial charge is 0.462 e. The topological polar surface area (TPSA) is 71.2 Å². The molecule has 0 unspecified atom stereocenters. The number of esters is 1. The Bertz CT molecular complexity index is 429. The minimum Gasteiger partial charge on any atom is -0.462 e. The number of hydrogen-bond acceptors (Lipinski definition) is 4. The molecule has 1 aromatic heterocycles. The lowest BCUT2D eigenvalue weighted by atomic mass is 10.2. The molecule has 1 rings (SSSR count). The first-order valence-corrected chi connectivity index (χ1v) is 7.13. The lowest BCUT2D eigenvalue weighted by Crippen LogP contribution is -2.15. The molecule has 1 heterocycles. The van der Waals surface area contributed by atoms with E-state index in [1.165, 1.54) is 0 Å². The second-order valence-electron chi connectivity index (χ2n) is 3.71. The third-order valence-electron chi connectivity index (χ3n) is 2.36. The molecule has 0 aromatic carbocycles. The number of aromatic nitrogens is 1. The molecule has 6 heteroatoms. The van der Waals surface area contributed by atoms with Gasteiger partial charge in [0.05, 0.1) is 12.3 Å². The third-order valence-corrected chi connectivity index (χ3v) is 2.98. The second-order valence-corrected chi connectivity index (χ2v) is 4.70. The number of rotatable bonds is 6. The lowest BCUT2D eigenvalue weighted by molar-refractivity contribution is -0.115. The highest BCUT2D eigenvalue weighted by molar-refractivity contribution is 7.98. The van der Waals surface area contributed by atoms with E-state index in [2.05, 4.69) is 10.3 Å². The van der Waals surface area contributed by atoms with Crippen LogP contribution < -0.4 is 5.32 Å². The molecule has 0 spiro atoms. The van der Waals surface area contributed by atoms with Crippen LogP contribution in [0.3, 0.4) is 0 Å². The first-order chi connectivity index (χ1) is 8.60. The Labute approximate surface area is 111 Å². The van der Waals surface area contributed by atoms with Gasteiger partial charge in [-0.15, -0.1) is 0 Å². The Morgan fingerprint density at radius 3 is 2.83 bits per heavy atom. The van der Waals surface area contributed by atoms with E-state index in [0.29, 0.717) is 30.0 Å². The average molecular weight is 270 g/mol. The molecule has 0 saturated carbocycles. The Morgan fingerprint density at radius 2 is 2.22 bits per heavy atom. The molecule has 1 aromatic rings. The summed E-state index contributed by atoms with van der Waals surface area (Å²) in [6, 6.07) is 0. The molecule has 0 aliphatic heterocycles. The first kappa shape index (κ1) is 14.6. The van der Waals surface area contributed by atoms with Crippen LogP contribution >= 0.6 is 11.8 Å². The van der Waals surface area contributed by atoms with Crippen LogP contribution in [0.2, 0.25) is 0 Å². The maximum atomic E-state index is 11.7. The van der Waals surface area contributed by atoms with Crippen LogP contribution in [0.15, 0.2) is 6.20 Å². The Hall–Kier alpha value is -1.43. The predicted molar refractivity (Wildman–Crippen MR) is 73.1 cm³/mol. The van der Waals surface area contributed by atoms with Crippen molar-refractivity contribution in [1.82, 2.24) is 4.98 Å². The van der Waals surface area contributed by atoms with Crippen LogP contribution in [-0.2, 0) is 9.53 Å². The zero-order valence-electron chi connectivity index (χ0n) is 10.8. The molecule has 0 saturated heterocycles. The van der Waals surface area contributed by atoms with Gasteiger partial charge in [-0.25, -0.2) is 4.79 Å². The summed E-state index contributed by atoms with van der Waals surface area (Å²) in [7, 11) is 0. The monoisotopic (exact) mass is 270 g/mol. The molecule has 100 valence electrons. The smallest absolute Gasteiger partial charge is 0.342 e. The van der Waals surface area contributed by atoms with Gasteiger partial charge < -0.3 is 15.0 Å². The Kier molecular flexibility index (Phi) is 5.77. The van der Waals surface area contributed by atoms with E-state index in [0.717, 1.165) is 5.75 Å². The summed E-state index contributed by atoms with van der Waals surface area (Å²) in [5.41, 5.74) is 1.57. The quantitative estimate of drug-likeness (QED) is 0.777. The number of nitrogens with one attached hydrogen (secondary N) is 2. The number of anilines is 1. The van der Waals surface area contributed by atoms with Crippen molar-refractivity contribution < 1.29 is 14.3 Å². The zero-order chi connectivity index (χ0) is 13.5. The van der Waals surface area contributed by atoms with Gasteiger partial charge in [0.15, 0.2) is 0 Å². The van der Waals surface area contributed by atoms with Crippen LogP contribution in [0.4, 0.5) is 5.69 Å². The number of hydrogen-bond donors (Lipinski definition) is 2. The molecular formula is C12H18N2O3S. The van der Waals surface area contributed by atoms with Gasteiger partial charge in [-0.05, 0) is 20.1 Å². The molecule has 1 amide bonds. The molecule has 0 radical (unpaired) electrons.